The van der Waals surface area contributed by atoms with Gasteiger partial charge in [-0.3, -0.25) is 19.6 Å². The lowest BCUT2D eigenvalue weighted by Crippen LogP contribution is -2.28. The van der Waals surface area contributed by atoms with Crippen LogP contribution in [0.3, 0.4) is 0 Å². The van der Waals surface area contributed by atoms with Gasteiger partial charge in [0, 0.05) is 24.0 Å². The van der Waals surface area contributed by atoms with Gasteiger partial charge in [0.25, 0.3) is 0 Å². The van der Waals surface area contributed by atoms with Gasteiger partial charge in [-0.15, -0.1) is 0 Å². The first-order chi connectivity index (χ1) is 12.1. The standard InChI is InChI=1S/C18H17N5O2/c1-11-5-4-8-15(19-11)20-18(25)12-9-16(24)23(10-12)17-13-6-2-3-7-14(13)21-22-17/h2-8,12H,9-10H2,1H3,(H,21,22)(H,19,20,25). The molecule has 4 rings (SSSR count). The molecule has 1 aliphatic rings. The molecule has 7 heteroatoms. The Morgan fingerprint density at radius 1 is 1.24 bits per heavy atom. The van der Waals surface area contributed by atoms with Gasteiger partial charge in [-0.25, -0.2) is 4.98 Å². The quantitative estimate of drug-likeness (QED) is 0.768. The Hall–Kier alpha value is -3.22. The van der Waals surface area contributed by atoms with E-state index in [1.54, 1.807) is 11.0 Å². The van der Waals surface area contributed by atoms with Crippen LogP contribution >= 0.6 is 0 Å². The number of hydrogen-bond acceptors (Lipinski definition) is 4. The van der Waals surface area contributed by atoms with Crippen LogP contribution in [0.4, 0.5) is 11.6 Å². The van der Waals surface area contributed by atoms with E-state index in [0.717, 1.165) is 16.6 Å². The summed E-state index contributed by atoms with van der Waals surface area (Å²) in [5, 5.41) is 10.8. The molecule has 1 fully saturated rings. The SMILES string of the molecule is Cc1cccc(NC(=O)C2CC(=O)N(c3n[nH]c4ccccc34)C2)n1. The van der Waals surface area contributed by atoms with Crippen molar-refractivity contribution in [2.24, 2.45) is 5.92 Å². The molecule has 1 saturated heterocycles. The molecule has 25 heavy (non-hydrogen) atoms. The predicted molar refractivity (Wildman–Crippen MR) is 94.2 cm³/mol. The zero-order chi connectivity index (χ0) is 17.4. The van der Waals surface area contributed by atoms with Gasteiger partial charge in [-0.1, -0.05) is 18.2 Å². The summed E-state index contributed by atoms with van der Waals surface area (Å²) in [6.45, 7) is 2.17. The first-order valence-corrected chi connectivity index (χ1v) is 8.10. The molecule has 0 radical (unpaired) electrons. The van der Waals surface area contributed by atoms with Crippen LogP contribution in [0.5, 0.6) is 0 Å². The third kappa shape index (κ3) is 2.84. The van der Waals surface area contributed by atoms with Crippen molar-refractivity contribution in [3.63, 3.8) is 0 Å². The number of fused-ring (bicyclic) bond motifs is 1. The highest BCUT2D eigenvalue weighted by Crippen LogP contribution is 2.30. The van der Waals surface area contributed by atoms with Crippen molar-refractivity contribution < 1.29 is 9.59 Å². The minimum atomic E-state index is -0.426. The van der Waals surface area contributed by atoms with E-state index in [2.05, 4.69) is 20.5 Å². The number of amides is 2. The van der Waals surface area contributed by atoms with Crippen molar-refractivity contribution in [1.82, 2.24) is 15.2 Å². The van der Waals surface area contributed by atoms with E-state index in [9.17, 15) is 9.59 Å². The van der Waals surface area contributed by atoms with Crippen LogP contribution < -0.4 is 10.2 Å². The van der Waals surface area contributed by atoms with Crippen LogP contribution in [0.25, 0.3) is 10.9 Å². The summed E-state index contributed by atoms with van der Waals surface area (Å²) < 4.78 is 0. The number of anilines is 2. The predicted octanol–water partition coefficient (Wildman–Crippen LogP) is 2.26. The molecule has 0 bridgehead atoms. The summed E-state index contributed by atoms with van der Waals surface area (Å²) in [5.41, 5.74) is 1.69. The number of aromatic amines is 1. The minimum absolute atomic E-state index is 0.102. The maximum absolute atomic E-state index is 12.5. The van der Waals surface area contributed by atoms with Gasteiger partial charge in [-0.05, 0) is 31.2 Å². The van der Waals surface area contributed by atoms with Gasteiger partial charge < -0.3 is 5.32 Å². The van der Waals surface area contributed by atoms with E-state index in [0.29, 0.717) is 18.2 Å². The summed E-state index contributed by atoms with van der Waals surface area (Å²) >= 11 is 0. The second-order valence-corrected chi connectivity index (χ2v) is 6.15. The molecule has 0 saturated carbocycles. The number of hydrogen-bond donors (Lipinski definition) is 2. The third-order valence-corrected chi connectivity index (χ3v) is 4.34. The minimum Gasteiger partial charge on any atom is -0.310 e. The van der Waals surface area contributed by atoms with Crippen molar-refractivity contribution in [3.05, 3.63) is 48.2 Å². The Kier molecular flexibility index (Phi) is 3.68. The largest absolute Gasteiger partial charge is 0.310 e. The summed E-state index contributed by atoms with van der Waals surface area (Å²) in [6, 6.07) is 13.0. The van der Waals surface area contributed by atoms with Gasteiger partial charge in [-0.2, -0.15) is 5.10 Å². The maximum Gasteiger partial charge on any atom is 0.230 e. The lowest BCUT2D eigenvalue weighted by Gasteiger charge is -2.14. The monoisotopic (exact) mass is 335 g/mol. The van der Waals surface area contributed by atoms with Gasteiger partial charge >= 0.3 is 0 Å². The number of benzene rings is 1. The van der Waals surface area contributed by atoms with E-state index < -0.39 is 5.92 Å². The molecule has 3 heterocycles. The van der Waals surface area contributed by atoms with E-state index >= 15 is 0 Å². The average Bonchev–Trinajstić information content (AvgIpc) is 3.18. The molecule has 1 aromatic carbocycles. The van der Waals surface area contributed by atoms with Crippen LogP contribution in [0, 0.1) is 12.8 Å². The van der Waals surface area contributed by atoms with Crippen LogP contribution in [0.15, 0.2) is 42.5 Å². The molecule has 0 spiro atoms. The van der Waals surface area contributed by atoms with Crippen LogP contribution in [0.2, 0.25) is 0 Å². The molecule has 2 N–H and O–H groups in total. The summed E-state index contributed by atoms with van der Waals surface area (Å²) in [5.74, 6) is 0.347. The number of carbonyl (C=O) groups is 2. The Morgan fingerprint density at radius 2 is 2.08 bits per heavy atom. The smallest absolute Gasteiger partial charge is 0.230 e. The van der Waals surface area contributed by atoms with Crippen molar-refractivity contribution in [3.8, 4) is 0 Å². The Labute approximate surface area is 144 Å². The van der Waals surface area contributed by atoms with E-state index in [1.165, 1.54) is 0 Å². The van der Waals surface area contributed by atoms with Gasteiger partial charge in [0.2, 0.25) is 11.8 Å². The molecule has 1 aliphatic heterocycles. The van der Waals surface area contributed by atoms with Crippen molar-refractivity contribution in [2.45, 2.75) is 13.3 Å². The molecule has 0 aliphatic carbocycles. The van der Waals surface area contributed by atoms with E-state index in [1.807, 2.05) is 43.3 Å². The second-order valence-electron chi connectivity index (χ2n) is 6.15. The first kappa shape index (κ1) is 15.3. The number of rotatable bonds is 3. The molecule has 7 nitrogen and oxygen atoms in total. The fourth-order valence-electron chi connectivity index (χ4n) is 3.08. The number of para-hydroxylation sites is 1. The lowest BCUT2D eigenvalue weighted by atomic mass is 10.1. The highest BCUT2D eigenvalue weighted by Gasteiger charge is 2.37. The summed E-state index contributed by atoms with van der Waals surface area (Å²) in [4.78, 5) is 30.7. The van der Waals surface area contributed by atoms with Crippen molar-refractivity contribution in [1.29, 1.82) is 0 Å². The highest BCUT2D eigenvalue weighted by atomic mass is 16.2. The van der Waals surface area contributed by atoms with E-state index in [4.69, 9.17) is 0 Å². The fourth-order valence-corrected chi connectivity index (χ4v) is 3.08. The first-order valence-electron chi connectivity index (χ1n) is 8.10. The maximum atomic E-state index is 12.5. The normalized spacial score (nSPS) is 17.2. The Morgan fingerprint density at radius 3 is 2.92 bits per heavy atom. The molecular weight excluding hydrogens is 318 g/mol. The molecular formula is C18H17N5O2. The lowest BCUT2D eigenvalue weighted by molar-refractivity contribution is -0.122. The third-order valence-electron chi connectivity index (χ3n) is 4.34. The van der Waals surface area contributed by atoms with Gasteiger partial charge in [0.15, 0.2) is 5.82 Å². The Balaban J connectivity index is 1.53. The summed E-state index contributed by atoms with van der Waals surface area (Å²) in [6.07, 6.45) is 0.166. The number of carbonyl (C=O) groups excluding carboxylic acids is 2. The molecule has 2 aromatic heterocycles. The number of aryl methyl sites for hydroxylation is 1. The molecule has 126 valence electrons. The number of aromatic nitrogens is 3. The Bertz CT molecular complexity index is 965. The number of nitrogens with zero attached hydrogens (tertiary/aromatic N) is 3. The zero-order valence-corrected chi connectivity index (χ0v) is 13.7. The average molecular weight is 335 g/mol. The molecule has 2 amide bonds. The molecule has 1 atom stereocenters. The fraction of sp³-hybridized carbons (Fsp3) is 0.222. The van der Waals surface area contributed by atoms with Crippen LogP contribution in [-0.2, 0) is 9.59 Å². The molecule has 3 aromatic rings. The van der Waals surface area contributed by atoms with Gasteiger partial charge in [0.1, 0.15) is 5.82 Å². The number of pyridine rings is 1. The number of nitrogens with one attached hydrogen (secondary N) is 2. The number of H-pyrrole nitrogens is 1. The van der Waals surface area contributed by atoms with Crippen molar-refractivity contribution in [2.75, 3.05) is 16.8 Å². The zero-order valence-electron chi connectivity index (χ0n) is 13.7. The topological polar surface area (TPSA) is 91.0 Å². The van der Waals surface area contributed by atoms with Crippen molar-refractivity contribution >= 4 is 34.4 Å². The highest BCUT2D eigenvalue weighted by molar-refractivity contribution is 6.06. The van der Waals surface area contributed by atoms with E-state index in [-0.39, 0.29) is 18.2 Å². The van der Waals surface area contributed by atoms with Crippen LogP contribution in [0.1, 0.15) is 12.1 Å². The summed E-state index contributed by atoms with van der Waals surface area (Å²) in [7, 11) is 0. The van der Waals surface area contributed by atoms with Gasteiger partial charge in [0.05, 0.1) is 11.4 Å². The van der Waals surface area contributed by atoms with Crippen LogP contribution in [-0.4, -0.2) is 33.5 Å². The molecule has 1 unspecified atom stereocenters. The second kappa shape index (κ2) is 6.01.